The van der Waals surface area contributed by atoms with Gasteiger partial charge in [-0.05, 0) is 18.1 Å². The monoisotopic (exact) mass is 200 g/mol. The van der Waals surface area contributed by atoms with Gasteiger partial charge in [0.2, 0.25) is 0 Å². The molecule has 78 valence electrons. The Morgan fingerprint density at radius 1 is 1.27 bits per heavy atom. The summed E-state index contributed by atoms with van der Waals surface area (Å²) in [7, 11) is 0. The number of allylic oxidation sites excluding steroid dienone is 1. The van der Waals surface area contributed by atoms with Crippen LogP contribution in [0.1, 0.15) is 12.5 Å². The van der Waals surface area contributed by atoms with Crippen molar-refractivity contribution in [1.82, 2.24) is 0 Å². The van der Waals surface area contributed by atoms with Crippen molar-refractivity contribution in [2.45, 2.75) is 6.92 Å². The van der Waals surface area contributed by atoms with Crippen LogP contribution >= 0.6 is 0 Å². The molecular formula is C14H16O. The van der Waals surface area contributed by atoms with Crippen LogP contribution < -0.4 is 0 Å². The Morgan fingerprint density at radius 2 is 2.07 bits per heavy atom. The van der Waals surface area contributed by atoms with Crippen molar-refractivity contribution in [3.8, 4) is 0 Å². The fourth-order valence-corrected chi connectivity index (χ4v) is 1.84. The molecule has 0 bridgehead atoms. The van der Waals surface area contributed by atoms with E-state index in [9.17, 15) is 0 Å². The molecule has 1 saturated heterocycles. The third kappa shape index (κ3) is 2.57. The normalized spacial score (nSPS) is 24.1. The second-order valence-electron chi connectivity index (χ2n) is 3.78. The Balaban J connectivity index is 2.19. The highest BCUT2D eigenvalue weighted by Crippen LogP contribution is 2.23. The molecule has 1 atom stereocenters. The number of hydrogen-bond donors (Lipinski definition) is 0. The van der Waals surface area contributed by atoms with Gasteiger partial charge in [-0.2, -0.15) is 0 Å². The van der Waals surface area contributed by atoms with Crippen molar-refractivity contribution in [3.05, 3.63) is 53.6 Å². The SMILES string of the molecule is C/C=C/[C@@H]1COC/C1=C\c1ccccc1. The zero-order chi connectivity index (χ0) is 10.5. The summed E-state index contributed by atoms with van der Waals surface area (Å²) in [6.07, 6.45) is 6.54. The lowest BCUT2D eigenvalue weighted by molar-refractivity contribution is 0.195. The molecule has 2 rings (SSSR count). The molecule has 0 radical (unpaired) electrons. The summed E-state index contributed by atoms with van der Waals surface area (Å²) < 4.78 is 5.47. The Morgan fingerprint density at radius 3 is 2.80 bits per heavy atom. The van der Waals surface area contributed by atoms with E-state index in [1.807, 2.05) is 6.07 Å². The van der Waals surface area contributed by atoms with Gasteiger partial charge in [0.15, 0.2) is 0 Å². The first kappa shape index (κ1) is 10.2. The van der Waals surface area contributed by atoms with Crippen molar-refractivity contribution in [2.75, 3.05) is 13.2 Å². The predicted molar refractivity (Wildman–Crippen MR) is 63.5 cm³/mol. The molecule has 0 N–H and O–H groups in total. The lowest BCUT2D eigenvalue weighted by Gasteiger charge is -2.03. The van der Waals surface area contributed by atoms with E-state index < -0.39 is 0 Å². The highest BCUT2D eigenvalue weighted by atomic mass is 16.5. The maximum atomic E-state index is 5.47. The second-order valence-corrected chi connectivity index (χ2v) is 3.78. The minimum atomic E-state index is 0.468. The van der Waals surface area contributed by atoms with E-state index in [2.05, 4.69) is 49.4 Å². The van der Waals surface area contributed by atoms with Crippen molar-refractivity contribution >= 4 is 6.08 Å². The van der Waals surface area contributed by atoms with Crippen molar-refractivity contribution in [1.29, 1.82) is 0 Å². The fourth-order valence-electron chi connectivity index (χ4n) is 1.84. The smallest absolute Gasteiger partial charge is 0.0687 e. The molecule has 15 heavy (non-hydrogen) atoms. The number of ether oxygens (including phenoxy) is 1. The van der Waals surface area contributed by atoms with E-state index >= 15 is 0 Å². The van der Waals surface area contributed by atoms with Gasteiger partial charge in [0.1, 0.15) is 0 Å². The van der Waals surface area contributed by atoms with Crippen LogP contribution in [-0.2, 0) is 4.74 Å². The molecular weight excluding hydrogens is 184 g/mol. The van der Waals surface area contributed by atoms with Gasteiger partial charge in [-0.1, -0.05) is 48.6 Å². The largest absolute Gasteiger partial charge is 0.376 e. The third-order valence-corrected chi connectivity index (χ3v) is 2.62. The molecule has 0 aromatic heterocycles. The van der Waals surface area contributed by atoms with Crippen molar-refractivity contribution in [2.24, 2.45) is 5.92 Å². The molecule has 0 saturated carbocycles. The van der Waals surface area contributed by atoms with E-state index in [0.29, 0.717) is 5.92 Å². The third-order valence-electron chi connectivity index (χ3n) is 2.62. The van der Waals surface area contributed by atoms with Gasteiger partial charge in [0.25, 0.3) is 0 Å². The Labute approximate surface area is 91.1 Å². The highest BCUT2D eigenvalue weighted by Gasteiger charge is 2.18. The highest BCUT2D eigenvalue weighted by molar-refractivity contribution is 5.54. The molecule has 1 fully saturated rings. The van der Waals surface area contributed by atoms with Crippen LogP contribution in [0.2, 0.25) is 0 Å². The molecule has 1 heteroatoms. The van der Waals surface area contributed by atoms with Crippen molar-refractivity contribution < 1.29 is 4.74 Å². The van der Waals surface area contributed by atoms with E-state index in [0.717, 1.165) is 13.2 Å². The maximum Gasteiger partial charge on any atom is 0.0687 e. The summed E-state index contributed by atoms with van der Waals surface area (Å²) in [5.41, 5.74) is 2.63. The number of rotatable bonds is 2. The minimum absolute atomic E-state index is 0.468. The summed E-state index contributed by atoms with van der Waals surface area (Å²) >= 11 is 0. The topological polar surface area (TPSA) is 9.23 Å². The standard InChI is InChI=1S/C14H16O/c1-2-6-13-10-15-11-14(13)9-12-7-4-3-5-8-12/h2-9,13H,10-11H2,1H3/b6-2+,14-9+/t13-/m1/s1. The van der Waals surface area contributed by atoms with E-state index in [1.165, 1.54) is 11.1 Å². The van der Waals surface area contributed by atoms with Crippen LogP contribution in [0.5, 0.6) is 0 Å². The van der Waals surface area contributed by atoms with Crippen LogP contribution in [0.4, 0.5) is 0 Å². The summed E-state index contributed by atoms with van der Waals surface area (Å²) in [4.78, 5) is 0. The molecule has 1 aliphatic rings. The molecule has 0 aliphatic carbocycles. The first-order valence-electron chi connectivity index (χ1n) is 5.36. The Kier molecular flexibility index (Phi) is 3.36. The van der Waals surface area contributed by atoms with E-state index in [4.69, 9.17) is 4.74 Å². The molecule has 0 amide bonds. The van der Waals surface area contributed by atoms with Gasteiger partial charge in [-0.3, -0.25) is 0 Å². The molecule has 1 nitrogen and oxygen atoms in total. The lowest BCUT2D eigenvalue weighted by atomic mass is 10.00. The van der Waals surface area contributed by atoms with Crippen LogP contribution in [0, 0.1) is 5.92 Å². The van der Waals surface area contributed by atoms with Crippen LogP contribution in [0.15, 0.2) is 48.1 Å². The molecule has 0 unspecified atom stereocenters. The second kappa shape index (κ2) is 4.94. The van der Waals surface area contributed by atoms with Gasteiger partial charge in [0, 0.05) is 5.92 Å². The summed E-state index contributed by atoms with van der Waals surface area (Å²) in [6, 6.07) is 10.4. The first-order chi connectivity index (χ1) is 7.40. The summed E-state index contributed by atoms with van der Waals surface area (Å²) in [5.74, 6) is 0.468. The molecule has 1 aliphatic heterocycles. The van der Waals surface area contributed by atoms with Gasteiger partial charge in [0.05, 0.1) is 13.2 Å². The summed E-state index contributed by atoms with van der Waals surface area (Å²) in [6.45, 7) is 3.64. The average Bonchev–Trinajstić information content (AvgIpc) is 2.68. The fraction of sp³-hybridized carbons (Fsp3) is 0.286. The molecule has 1 aromatic rings. The lowest BCUT2D eigenvalue weighted by Crippen LogP contribution is -1.96. The van der Waals surface area contributed by atoms with E-state index in [-0.39, 0.29) is 0 Å². The van der Waals surface area contributed by atoms with Crippen LogP contribution in [-0.4, -0.2) is 13.2 Å². The van der Waals surface area contributed by atoms with Gasteiger partial charge < -0.3 is 4.74 Å². The Hall–Kier alpha value is -1.34. The van der Waals surface area contributed by atoms with Crippen LogP contribution in [0.25, 0.3) is 6.08 Å². The summed E-state index contributed by atoms with van der Waals surface area (Å²) in [5, 5.41) is 0. The minimum Gasteiger partial charge on any atom is -0.376 e. The average molecular weight is 200 g/mol. The van der Waals surface area contributed by atoms with Crippen LogP contribution in [0.3, 0.4) is 0 Å². The zero-order valence-corrected chi connectivity index (χ0v) is 9.02. The maximum absolute atomic E-state index is 5.47. The van der Waals surface area contributed by atoms with Gasteiger partial charge in [-0.25, -0.2) is 0 Å². The zero-order valence-electron chi connectivity index (χ0n) is 9.02. The quantitative estimate of drug-likeness (QED) is 0.666. The van der Waals surface area contributed by atoms with Gasteiger partial charge >= 0.3 is 0 Å². The predicted octanol–water partition coefficient (Wildman–Crippen LogP) is 3.29. The number of benzene rings is 1. The molecule has 1 aromatic carbocycles. The van der Waals surface area contributed by atoms with E-state index in [1.54, 1.807) is 0 Å². The van der Waals surface area contributed by atoms with Gasteiger partial charge in [-0.15, -0.1) is 0 Å². The van der Waals surface area contributed by atoms with Crippen molar-refractivity contribution in [3.63, 3.8) is 0 Å². The molecule has 1 heterocycles. The first-order valence-corrected chi connectivity index (χ1v) is 5.36. The molecule has 0 spiro atoms. The number of hydrogen-bond acceptors (Lipinski definition) is 1. The Bertz CT molecular complexity index is 362.